The minimum Gasteiger partial charge on any atom is -0.395 e. The molecule has 0 aromatic carbocycles. The average molecular weight is 569 g/mol. The molecule has 0 spiro atoms. The first-order valence-electron chi connectivity index (χ1n) is 11.2. The van der Waals surface area contributed by atoms with Gasteiger partial charge in [0, 0.05) is 0 Å². The minimum atomic E-state index is -4.75. The number of rotatable bonds is 14. The van der Waals surface area contributed by atoms with Gasteiger partial charge < -0.3 is 75.5 Å². The molecule has 2 fully saturated rings. The lowest BCUT2D eigenvalue weighted by Gasteiger charge is -2.46. The molecule has 0 aliphatic carbocycles. The number of hydrogen-bond donors (Lipinski definition) is 11. The molecule has 0 aromatic rings. The quantitative estimate of drug-likeness (QED) is 0.0866. The molecule has 2 aliphatic rings. The van der Waals surface area contributed by atoms with E-state index in [1.807, 2.05) is 0 Å². The summed E-state index contributed by atoms with van der Waals surface area (Å²) in [6, 6.07) is -0.978. The van der Waals surface area contributed by atoms with Crippen molar-refractivity contribution >= 4 is 7.82 Å². The molecule has 19 heteroatoms. The van der Waals surface area contributed by atoms with Crippen molar-refractivity contribution in [2.24, 2.45) is 5.73 Å². The van der Waals surface area contributed by atoms with E-state index < -0.39 is 121 Å². The Morgan fingerprint density at radius 1 is 0.811 bits per heavy atom. The summed E-state index contributed by atoms with van der Waals surface area (Å²) in [6.45, 7) is -3.91. The average Bonchev–Trinajstić information content (AvgIpc) is 2.88. The SMILES string of the molecule is NC(CO)COP(=O)(O)OC[C@H]1O[C@H](O[C@H]2[C@@H](OCC(O)CO)O[C@H](CO)[C@@H](O)[C@@H]2O)[C@H](O)[C@@H](O)[C@H]1O. The van der Waals surface area contributed by atoms with E-state index in [4.69, 9.17) is 39.4 Å². The highest BCUT2D eigenvalue weighted by Crippen LogP contribution is 2.44. The van der Waals surface area contributed by atoms with Gasteiger partial charge in [-0.2, -0.15) is 0 Å². The third-order valence-electron chi connectivity index (χ3n) is 5.54. The molecule has 12 N–H and O–H groups in total. The van der Waals surface area contributed by atoms with Crippen molar-refractivity contribution < 1.29 is 83.4 Å². The first-order chi connectivity index (χ1) is 17.3. The van der Waals surface area contributed by atoms with Gasteiger partial charge in [-0.25, -0.2) is 4.57 Å². The molecule has 2 saturated heterocycles. The van der Waals surface area contributed by atoms with Gasteiger partial charge in [0.25, 0.3) is 0 Å². The van der Waals surface area contributed by atoms with Crippen LogP contribution in [0.1, 0.15) is 0 Å². The maximum absolute atomic E-state index is 12.0. The first-order valence-corrected chi connectivity index (χ1v) is 12.7. The lowest BCUT2D eigenvalue weighted by molar-refractivity contribution is -0.368. The van der Waals surface area contributed by atoms with E-state index in [1.165, 1.54) is 0 Å². The standard InChI is InChI=1S/C18H36NO17P/c19-7(1-20)4-32-37(29,30)33-6-10-12(25)13(26)15(28)17(35-10)36-16-14(27)11(24)9(3-22)34-18(16)31-5-8(23)2-21/h7-18,20-28H,1-6,19H2,(H,29,30)/t7?,8?,9-,10-,11-,12+,13+,14+,15-,16-,17-,18+/m1/s1. The summed E-state index contributed by atoms with van der Waals surface area (Å²) >= 11 is 0. The van der Waals surface area contributed by atoms with Crippen LogP contribution in [0.5, 0.6) is 0 Å². The van der Waals surface area contributed by atoms with Gasteiger partial charge in [-0.1, -0.05) is 0 Å². The predicted octanol–water partition coefficient (Wildman–Crippen LogP) is -6.56. The van der Waals surface area contributed by atoms with E-state index in [2.05, 4.69) is 4.52 Å². The Hall–Kier alpha value is -0.450. The number of phosphoric acid groups is 1. The monoisotopic (exact) mass is 569 g/mol. The highest BCUT2D eigenvalue weighted by molar-refractivity contribution is 7.47. The number of nitrogens with two attached hydrogens (primary N) is 1. The minimum absolute atomic E-state index is 0.528. The number of aliphatic hydroxyl groups excluding tert-OH is 9. The summed E-state index contributed by atoms with van der Waals surface area (Å²) in [6.07, 6.45) is -18.7. The normalized spacial score (nSPS) is 40.2. The van der Waals surface area contributed by atoms with Gasteiger partial charge in [-0.3, -0.25) is 9.05 Å². The van der Waals surface area contributed by atoms with Crippen molar-refractivity contribution in [2.45, 2.75) is 73.6 Å². The van der Waals surface area contributed by atoms with Gasteiger partial charge in [-0.15, -0.1) is 0 Å². The van der Waals surface area contributed by atoms with Crippen molar-refractivity contribution in [1.29, 1.82) is 0 Å². The second kappa shape index (κ2) is 14.8. The van der Waals surface area contributed by atoms with Gasteiger partial charge in [0.15, 0.2) is 12.6 Å². The Balaban J connectivity index is 2.11. The lowest BCUT2D eigenvalue weighted by atomic mass is 9.97. The Morgan fingerprint density at radius 3 is 2.03 bits per heavy atom. The Morgan fingerprint density at radius 2 is 1.43 bits per heavy atom. The smallest absolute Gasteiger partial charge is 0.395 e. The maximum Gasteiger partial charge on any atom is 0.472 e. The zero-order valence-corrected chi connectivity index (χ0v) is 20.4. The summed E-state index contributed by atoms with van der Waals surface area (Å²) in [4.78, 5) is 9.73. The summed E-state index contributed by atoms with van der Waals surface area (Å²) in [5, 5.41) is 88.3. The molecule has 2 heterocycles. The molecule has 18 nitrogen and oxygen atoms in total. The zero-order chi connectivity index (χ0) is 27.9. The van der Waals surface area contributed by atoms with Crippen molar-refractivity contribution in [3.05, 3.63) is 0 Å². The molecule has 0 aromatic heterocycles. The van der Waals surface area contributed by atoms with Gasteiger partial charge in [0.05, 0.1) is 45.7 Å². The Labute approximate surface area is 210 Å². The van der Waals surface area contributed by atoms with Crippen molar-refractivity contribution in [3.8, 4) is 0 Å². The van der Waals surface area contributed by atoms with Gasteiger partial charge in [-0.05, 0) is 0 Å². The van der Waals surface area contributed by atoms with Crippen LogP contribution in [0, 0.1) is 0 Å². The van der Waals surface area contributed by atoms with E-state index in [9.17, 15) is 45.2 Å². The molecular weight excluding hydrogens is 533 g/mol. The summed E-state index contributed by atoms with van der Waals surface area (Å²) in [5.41, 5.74) is 5.37. The van der Waals surface area contributed by atoms with E-state index >= 15 is 0 Å². The van der Waals surface area contributed by atoms with Crippen LogP contribution >= 0.6 is 7.82 Å². The van der Waals surface area contributed by atoms with Crippen LogP contribution in [0.15, 0.2) is 0 Å². The summed E-state index contributed by atoms with van der Waals surface area (Å²) in [5.74, 6) is 0. The van der Waals surface area contributed by atoms with Crippen LogP contribution in [0.25, 0.3) is 0 Å². The number of aliphatic hydroxyl groups is 9. The molecule has 37 heavy (non-hydrogen) atoms. The van der Waals surface area contributed by atoms with Crippen molar-refractivity contribution in [1.82, 2.24) is 0 Å². The van der Waals surface area contributed by atoms with E-state index in [0.717, 1.165) is 0 Å². The summed E-state index contributed by atoms with van der Waals surface area (Å²) < 4.78 is 42.8. The predicted molar refractivity (Wildman–Crippen MR) is 115 cm³/mol. The fourth-order valence-corrected chi connectivity index (χ4v) is 4.15. The molecule has 220 valence electrons. The second-order valence-corrected chi connectivity index (χ2v) is 9.95. The fourth-order valence-electron chi connectivity index (χ4n) is 3.36. The molecule has 2 rings (SSSR count). The van der Waals surface area contributed by atoms with E-state index in [1.54, 1.807) is 0 Å². The van der Waals surface area contributed by atoms with E-state index in [0.29, 0.717) is 0 Å². The van der Waals surface area contributed by atoms with Gasteiger partial charge >= 0.3 is 7.82 Å². The molecule has 0 amide bonds. The zero-order valence-electron chi connectivity index (χ0n) is 19.5. The number of ether oxygens (including phenoxy) is 4. The van der Waals surface area contributed by atoms with Crippen LogP contribution in [-0.2, 0) is 32.6 Å². The largest absolute Gasteiger partial charge is 0.472 e. The molecule has 3 unspecified atom stereocenters. The second-order valence-electron chi connectivity index (χ2n) is 8.49. The number of hydrogen-bond acceptors (Lipinski definition) is 17. The Kier molecular flexibility index (Phi) is 13.1. The molecule has 0 bridgehead atoms. The van der Waals surface area contributed by atoms with Crippen LogP contribution in [0.4, 0.5) is 0 Å². The van der Waals surface area contributed by atoms with Crippen LogP contribution in [0.3, 0.4) is 0 Å². The van der Waals surface area contributed by atoms with E-state index in [-0.39, 0.29) is 0 Å². The third kappa shape index (κ3) is 9.04. The lowest BCUT2D eigenvalue weighted by Crippen LogP contribution is -2.64. The van der Waals surface area contributed by atoms with Crippen LogP contribution in [-0.4, -0.2) is 164 Å². The third-order valence-corrected chi connectivity index (χ3v) is 6.49. The highest BCUT2D eigenvalue weighted by atomic mass is 31.2. The van der Waals surface area contributed by atoms with Crippen LogP contribution < -0.4 is 5.73 Å². The van der Waals surface area contributed by atoms with Gasteiger partial charge in [0.1, 0.15) is 54.9 Å². The topological polar surface area (TPSA) is 301 Å². The Bertz CT molecular complexity index is 722. The molecular formula is C18H36NO17P. The van der Waals surface area contributed by atoms with Crippen molar-refractivity contribution in [2.75, 3.05) is 39.6 Å². The maximum atomic E-state index is 12.0. The summed E-state index contributed by atoms with van der Waals surface area (Å²) in [7, 11) is -4.75. The van der Waals surface area contributed by atoms with Crippen molar-refractivity contribution in [3.63, 3.8) is 0 Å². The highest BCUT2D eigenvalue weighted by Gasteiger charge is 2.51. The molecule has 0 saturated carbocycles. The number of phosphoric ester groups is 1. The van der Waals surface area contributed by atoms with Gasteiger partial charge in [0.2, 0.25) is 0 Å². The molecule has 0 radical (unpaired) electrons. The molecule has 13 atom stereocenters. The molecule has 2 aliphatic heterocycles. The van der Waals surface area contributed by atoms with Crippen LogP contribution in [0.2, 0.25) is 0 Å². The fraction of sp³-hybridized carbons (Fsp3) is 1.00. The first kappa shape index (κ1) is 32.8.